The second-order valence-electron chi connectivity index (χ2n) is 7.45. The summed E-state index contributed by atoms with van der Waals surface area (Å²) in [5.74, 6) is 1.27. The first-order valence-electron chi connectivity index (χ1n) is 9.47. The summed E-state index contributed by atoms with van der Waals surface area (Å²) in [6.45, 7) is 6.93. The fourth-order valence-corrected chi connectivity index (χ4v) is 3.71. The molecule has 0 fully saturated rings. The maximum Gasteiger partial charge on any atom is 0.260 e. The zero-order chi connectivity index (χ0) is 19.8. The molecule has 0 bridgehead atoms. The quantitative estimate of drug-likeness (QED) is 0.761. The van der Waals surface area contributed by atoms with E-state index < -0.39 is 0 Å². The minimum atomic E-state index is -0.357. The smallest absolute Gasteiger partial charge is 0.260 e. The van der Waals surface area contributed by atoms with Gasteiger partial charge in [0, 0.05) is 17.8 Å². The number of aromatic amines is 1. The van der Waals surface area contributed by atoms with E-state index in [2.05, 4.69) is 23.9 Å². The summed E-state index contributed by atoms with van der Waals surface area (Å²) in [5.41, 5.74) is 1.48. The third-order valence-electron chi connectivity index (χ3n) is 5.06. The topological polar surface area (TPSA) is 83.9 Å². The van der Waals surface area contributed by atoms with Gasteiger partial charge in [-0.25, -0.2) is 9.67 Å². The molecule has 7 heteroatoms. The Labute approximate surface area is 163 Å². The van der Waals surface area contributed by atoms with Gasteiger partial charge in [0.1, 0.15) is 5.56 Å². The molecule has 1 aromatic carbocycles. The Morgan fingerprint density at radius 2 is 1.89 bits per heavy atom. The van der Waals surface area contributed by atoms with Gasteiger partial charge in [0.05, 0.1) is 12.6 Å². The maximum absolute atomic E-state index is 13.2. The van der Waals surface area contributed by atoms with Crippen LogP contribution in [-0.2, 0) is 6.54 Å². The predicted octanol–water partition coefficient (Wildman–Crippen LogP) is 2.79. The van der Waals surface area contributed by atoms with Crippen LogP contribution in [0.15, 0.2) is 47.3 Å². The van der Waals surface area contributed by atoms with Crippen LogP contribution in [0.25, 0.3) is 11.4 Å². The van der Waals surface area contributed by atoms with Crippen molar-refractivity contribution in [3.05, 3.63) is 69.9 Å². The van der Waals surface area contributed by atoms with Gasteiger partial charge in [0.25, 0.3) is 11.5 Å². The first kappa shape index (κ1) is 18.2. The number of nitrogens with zero attached hydrogens (tertiary/aromatic N) is 4. The Hall–Kier alpha value is -3.22. The zero-order valence-electron chi connectivity index (χ0n) is 16.2. The van der Waals surface area contributed by atoms with Crippen LogP contribution in [0, 0.1) is 12.8 Å². The molecule has 1 amide bonds. The number of pyridine rings is 1. The van der Waals surface area contributed by atoms with E-state index in [9.17, 15) is 9.59 Å². The SMILES string of the molecule is Cc1ccc(C(=O)N2CCn3nc(-c4ccccc4)nc3[C@@H]2C(C)C)c(=O)[nH]1. The molecular weight excluding hydrogens is 354 g/mol. The van der Waals surface area contributed by atoms with Crippen molar-refractivity contribution in [2.45, 2.75) is 33.4 Å². The number of hydrogen-bond acceptors (Lipinski definition) is 4. The summed E-state index contributed by atoms with van der Waals surface area (Å²) in [4.78, 5) is 34.7. The summed E-state index contributed by atoms with van der Waals surface area (Å²) in [5, 5.41) is 4.65. The first-order chi connectivity index (χ1) is 13.5. The molecule has 1 N–H and O–H groups in total. The van der Waals surface area contributed by atoms with Gasteiger partial charge in [0.15, 0.2) is 11.6 Å². The molecule has 0 saturated heterocycles. The van der Waals surface area contributed by atoms with Crippen molar-refractivity contribution in [2.24, 2.45) is 5.92 Å². The number of benzene rings is 1. The lowest BCUT2D eigenvalue weighted by atomic mass is 9.99. The van der Waals surface area contributed by atoms with Crippen LogP contribution in [0.4, 0.5) is 0 Å². The number of H-pyrrole nitrogens is 1. The molecular formula is C21H23N5O2. The van der Waals surface area contributed by atoms with E-state index in [0.717, 1.165) is 17.1 Å². The van der Waals surface area contributed by atoms with Gasteiger partial charge < -0.3 is 9.88 Å². The highest BCUT2D eigenvalue weighted by Gasteiger charge is 2.37. The summed E-state index contributed by atoms with van der Waals surface area (Å²) in [6, 6.07) is 12.9. The van der Waals surface area contributed by atoms with Crippen LogP contribution in [0.1, 0.15) is 41.8 Å². The van der Waals surface area contributed by atoms with Gasteiger partial charge in [-0.05, 0) is 25.0 Å². The third kappa shape index (κ3) is 3.13. The number of aryl methyl sites for hydroxylation is 1. The Bertz CT molecular complexity index is 1070. The van der Waals surface area contributed by atoms with Crippen molar-refractivity contribution in [2.75, 3.05) is 6.54 Å². The molecule has 0 unspecified atom stereocenters. The van der Waals surface area contributed by atoms with Crippen LogP contribution < -0.4 is 5.56 Å². The fourth-order valence-electron chi connectivity index (χ4n) is 3.71. The van der Waals surface area contributed by atoms with Crippen LogP contribution in [0.3, 0.4) is 0 Å². The van der Waals surface area contributed by atoms with Crippen LogP contribution >= 0.6 is 0 Å². The van der Waals surface area contributed by atoms with E-state index in [0.29, 0.717) is 18.9 Å². The average Bonchev–Trinajstić information content (AvgIpc) is 3.11. The largest absolute Gasteiger partial charge is 0.326 e. The number of rotatable bonds is 3. The molecule has 1 aliphatic rings. The number of carbonyl (C=O) groups is 1. The lowest BCUT2D eigenvalue weighted by Gasteiger charge is -2.37. The van der Waals surface area contributed by atoms with E-state index >= 15 is 0 Å². The zero-order valence-corrected chi connectivity index (χ0v) is 16.2. The highest BCUT2D eigenvalue weighted by molar-refractivity contribution is 5.94. The van der Waals surface area contributed by atoms with Gasteiger partial charge in [-0.2, -0.15) is 5.10 Å². The Morgan fingerprint density at radius 1 is 1.14 bits per heavy atom. The van der Waals surface area contributed by atoms with E-state index in [1.165, 1.54) is 0 Å². The second-order valence-corrected chi connectivity index (χ2v) is 7.45. The molecule has 144 valence electrons. The van der Waals surface area contributed by atoms with Crippen molar-refractivity contribution < 1.29 is 4.79 Å². The third-order valence-corrected chi connectivity index (χ3v) is 5.06. The molecule has 0 saturated carbocycles. The molecule has 3 aromatic rings. The van der Waals surface area contributed by atoms with Crippen molar-refractivity contribution in [3.8, 4) is 11.4 Å². The standard InChI is InChI=1S/C21H23N5O2/c1-13(2)17-19-23-18(15-7-5-4-6-8-15)24-26(19)12-11-25(17)21(28)16-10-9-14(3)22-20(16)27/h4-10,13,17H,11-12H2,1-3H3,(H,22,27)/t17-/m0/s1. The fraction of sp³-hybridized carbons (Fsp3) is 0.333. The van der Waals surface area contributed by atoms with E-state index in [1.807, 2.05) is 35.0 Å². The van der Waals surface area contributed by atoms with E-state index in [1.54, 1.807) is 24.0 Å². The highest BCUT2D eigenvalue weighted by Crippen LogP contribution is 2.33. The molecule has 0 radical (unpaired) electrons. The Morgan fingerprint density at radius 3 is 2.57 bits per heavy atom. The molecule has 2 aromatic heterocycles. The number of aromatic nitrogens is 4. The van der Waals surface area contributed by atoms with Gasteiger partial charge in [-0.15, -0.1) is 0 Å². The van der Waals surface area contributed by atoms with E-state index in [-0.39, 0.29) is 29.0 Å². The lowest BCUT2D eigenvalue weighted by molar-refractivity contribution is 0.0535. The summed E-state index contributed by atoms with van der Waals surface area (Å²) >= 11 is 0. The van der Waals surface area contributed by atoms with Gasteiger partial charge in [-0.3, -0.25) is 9.59 Å². The molecule has 7 nitrogen and oxygen atoms in total. The number of nitrogens with one attached hydrogen (secondary N) is 1. The molecule has 0 aliphatic carbocycles. The van der Waals surface area contributed by atoms with Crippen LogP contribution in [0.2, 0.25) is 0 Å². The monoisotopic (exact) mass is 377 g/mol. The van der Waals surface area contributed by atoms with Gasteiger partial charge in [0.2, 0.25) is 0 Å². The lowest BCUT2D eigenvalue weighted by Crippen LogP contribution is -2.46. The van der Waals surface area contributed by atoms with E-state index in [4.69, 9.17) is 4.98 Å². The first-order valence-corrected chi connectivity index (χ1v) is 9.47. The molecule has 3 heterocycles. The minimum absolute atomic E-state index is 0.125. The Kier molecular flexibility index (Phi) is 4.58. The molecule has 1 atom stereocenters. The highest BCUT2D eigenvalue weighted by atomic mass is 16.2. The van der Waals surface area contributed by atoms with Crippen LogP contribution in [0.5, 0.6) is 0 Å². The van der Waals surface area contributed by atoms with Crippen molar-refractivity contribution in [1.29, 1.82) is 0 Å². The van der Waals surface area contributed by atoms with Crippen molar-refractivity contribution in [1.82, 2.24) is 24.6 Å². The molecule has 0 spiro atoms. The average molecular weight is 377 g/mol. The molecule has 28 heavy (non-hydrogen) atoms. The molecule has 4 rings (SSSR count). The Balaban J connectivity index is 1.73. The maximum atomic E-state index is 13.2. The molecule has 1 aliphatic heterocycles. The van der Waals surface area contributed by atoms with Crippen molar-refractivity contribution >= 4 is 5.91 Å². The van der Waals surface area contributed by atoms with Gasteiger partial charge >= 0.3 is 0 Å². The number of hydrogen-bond donors (Lipinski definition) is 1. The normalized spacial score (nSPS) is 16.3. The second kappa shape index (κ2) is 7.07. The number of fused-ring (bicyclic) bond motifs is 1. The minimum Gasteiger partial charge on any atom is -0.326 e. The number of amides is 1. The predicted molar refractivity (Wildman–Crippen MR) is 106 cm³/mol. The van der Waals surface area contributed by atoms with Crippen molar-refractivity contribution in [3.63, 3.8) is 0 Å². The summed E-state index contributed by atoms with van der Waals surface area (Å²) in [7, 11) is 0. The summed E-state index contributed by atoms with van der Waals surface area (Å²) in [6.07, 6.45) is 0. The summed E-state index contributed by atoms with van der Waals surface area (Å²) < 4.78 is 1.89. The van der Waals surface area contributed by atoms with Crippen LogP contribution in [-0.4, -0.2) is 37.1 Å². The number of carbonyl (C=O) groups excluding carboxylic acids is 1. The van der Waals surface area contributed by atoms with Gasteiger partial charge in [-0.1, -0.05) is 44.2 Å².